The fourth-order valence-corrected chi connectivity index (χ4v) is 1.55. The molecule has 1 aromatic rings. The van der Waals surface area contributed by atoms with Gasteiger partial charge in [-0.2, -0.15) is 0 Å². The third-order valence-electron chi connectivity index (χ3n) is 2.63. The number of hydrogen-bond donors (Lipinski definition) is 0. The Balaban J connectivity index is 1.92. The Morgan fingerprint density at radius 2 is 1.68 bits per heavy atom. The summed E-state index contributed by atoms with van der Waals surface area (Å²) in [5.41, 5.74) is 0.455. The number of carbonyl (C=O) groups excluding carboxylic acids is 1. The third kappa shape index (κ3) is 7.29. The highest BCUT2D eigenvalue weighted by molar-refractivity contribution is 5.86. The fourth-order valence-electron chi connectivity index (χ4n) is 1.55. The van der Waals surface area contributed by atoms with Crippen LogP contribution in [-0.2, 0) is 9.53 Å². The molecule has 0 aromatic heterocycles. The molecule has 0 unspecified atom stereocenters. The number of ether oxygens (including phenoxy) is 2. The van der Waals surface area contributed by atoms with Crippen molar-refractivity contribution in [2.24, 2.45) is 0 Å². The summed E-state index contributed by atoms with van der Waals surface area (Å²) in [6, 6.07) is 9.81. The molecule has 19 heavy (non-hydrogen) atoms. The van der Waals surface area contributed by atoms with Gasteiger partial charge in [-0.3, -0.25) is 0 Å². The minimum absolute atomic E-state index is 0.299. The quantitative estimate of drug-likeness (QED) is 0.386. The predicted molar refractivity (Wildman–Crippen MR) is 76.2 cm³/mol. The Kier molecular flexibility index (Phi) is 7.40. The number of para-hydroxylation sites is 1. The zero-order chi connectivity index (χ0) is 13.9. The van der Waals surface area contributed by atoms with Gasteiger partial charge in [-0.25, -0.2) is 4.79 Å². The molecule has 0 aliphatic carbocycles. The van der Waals surface area contributed by atoms with E-state index in [-0.39, 0.29) is 5.97 Å². The lowest BCUT2D eigenvalue weighted by Crippen LogP contribution is -2.06. The van der Waals surface area contributed by atoms with E-state index in [1.54, 1.807) is 6.92 Å². The van der Waals surface area contributed by atoms with E-state index in [2.05, 4.69) is 6.58 Å². The van der Waals surface area contributed by atoms with Gasteiger partial charge in [-0.15, -0.1) is 0 Å². The monoisotopic (exact) mass is 262 g/mol. The Bertz CT molecular complexity index is 384. The van der Waals surface area contributed by atoms with Crippen molar-refractivity contribution in [1.29, 1.82) is 0 Å². The lowest BCUT2D eigenvalue weighted by Gasteiger charge is -2.06. The lowest BCUT2D eigenvalue weighted by atomic mass is 10.2. The van der Waals surface area contributed by atoms with E-state index < -0.39 is 0 Å². The molecular formula is C16H22O3. The van der Waals surface area contributed by atoms with Crippen molar-refractivity contribution in [2.45, 2.75) is 32.6 Å². The Morgan fingerprint density at radius 3 is 2.32 bits per heavy atom. The van der Waals surface area contributed by atoms with Crippen molar-refractivity contribution < 1.29 is 14.3 Å². The number of hydrogen-bond acceptors (Lipinski definition) is 3. The van der Waals surface area contributed by atoms with Gasteiger partial charge in [0.1, 0.15) is 5.75 Å². The summed E-state index contributed by atoms with van der Waals surface area (Å²) in [4.78, 5) is 11.1. The van der Waals surface area contributed by atoms with E-state index in [4.69, 9.17) is 9.47 Å². The van der Waals surface area contributed by atoms with Crippen LogP contribution in [0.1, 0.15) is 32.6 Å². The number of esters is 1. The number of carbonyl (C=O) groups is 1. The first-order valence-electron chi connectivity index (χ1n) is 6.70. The van der Waals surface area contributed by atoms with Gasteiger partial charge in [0.2, 0.25) is 0 Å². The highest BCUT2D eigenvalue weighted by atomic mass is 16.5. The smallest absolute Gasteiger partial charge is 0.333 e. The number of unbranched alkanes of at least 4 members (excludes halogenated alkanes) is 3. The van der Waals surface area contributed by atoms with Crippen LogP contribution in [0.4, 0.5) is 0 Å². The molecule has 0 N–H and O–H groups in total. The summed E-state index contributed by atoms with van der Waals surface area (Å²) in [5, 5.41) is 0. The molecule has 3 heteroatoms. The average Bonchev–Trinajstić information content (AvgIpc) is 2.42. The first-order valence-corrected chi connectivity index (χ1v) is 6.70. The Hall–Kier alpha value is -1.77. The van der Waals surface area contributed by atoms with Gasteiger partial charge in [0.05, 0.1) is 13.2 Å². The molecule has 1 aromatic carbocycles. The zero-order valence-electron chi connectivity index (χ0n) is 11.6. The SMILES string of the molecule is C=C(C)C(=O)OCCCCCCOc1ccccc1. The van der Waals surface area contributed by atoms with Gasteiger partial charge >= 0.3 is 5.97 Å². The van der Waals surface area contributed by atoms with Crippen molar-refractivity contribution in [3.63, 3.8) is 0 Å². The van der Waals surface area contributed by atoms with Crippen LogP contribution in [0, 0.1) is 0 Å². The average molecular weight is 262 g/mol. The van der Waals surface area contributed by atoms with Gasteiger partial charge in [-0.1, -0.05) is 24.8 Å². The first-order chi connectivity index (χ1) is 9.20. The third-order valence-corrected chi connectivity index (χ3v) is 2.63. The van der Waals surface area contributed by atoms with Gasteiger partial charge in [0.25, 0.3) is 0 Å². The van der Waals surface area contributed by atoms with Gasteiger partial charge < -0.3 is 9.47 Å². The molecular weight excluding hydrogens is 240 g/mol. The maximum atomic E-state index is 11.1. The van der Waals surface area contributed by atoms with Crippen LogP contribution in [-0.4, -0.2) is 19.2 Å². The molecule has 104 valence electrons. The Labute approximate surface area is 115 Å². The maximum Gasteiger partial charge on any atom is 0.333 e. The molecule has 0 saturated heterocycles. The maximum absolute atomic E-state index is 11.1. The van der Waals surface area contributed by atoms with E-state index in [1.807, 2.05) is 30.3 Å². The van der Waals surface area contributed by atoms with E-state index >= 15 is 0 Å². The van der Waals surface area contributed by atoms with Gasteiger partial charge in [0, 0.05) is 5.57 Å². The van der Waals surface area contributed by atoms with Gasteiger partial charge in [-0.05, 0) is 44.7 Å². The molecule has 0 spiro atoms. The van der Waals surface area contributed by atoms with Gasteiger partial charge in [0.15, 0.2) is 0 Å². The molecule has 0 bridgehead atoms. The van der Waals surface area contributed by atoms with E-state index in [9.17, 15) is 4.79 Å². The summed E-state index contributed by atoms with van der Waals surface area (Å²) in [7, 11) is 0. The topological polar surface area (TPSA) is 35.5 Å². The highest BCUT2D eigenvalue weighted by Crippen LogP contribution is 2.09. The van der Waals surface area contributed by atoms with Crippen LogP contribution >= 0.6 is 0 Å². The van der Waals surface area contributed by atoms with Crippen LogP contribution in [0.3, 0.4) is 0 Å². The van der Waals surface area contributed by atoms with E-state index in [0.29, 0.717) is 12.2 Å². The predicted octanol–water partition coefficient (Wildman–Crippen LogP) is 3.75. The first kappa shape index (κ1) is 15.3. The van der Waals surface area contributed by atoms with Crippen molar-refractivity contribution in [1.82, 2.24) is 0 Å². The van der Waals surface area contributed by atoms with Crippen molar-refractivity contribution in [3.05, 3.63) is 42.5 Å². The molecule has 0 saturated carbocycles. The minimum atomic E-state index is -0.299. The zero-order valence-corrected chi connectivity index (χ0v) is 11.6. The number of benzene rings is 1. The molecule has 0 aliphatic heterocycles. The van der Waals surface area contributed by atoms with Crippen LogP contribution < -0.4 is 4.74 Å². The van der Waals surface area contributed by atoms with Crippen LogP contribution in [0.25, 0.3) is 0 Å². The second-order valence-electron chi connectivity index (χ2n) is 4.49. The number of rotatable bonds is 9. The van der Waals surface area contributed by atoms with Crippen molar-refractivity contribution in [2.75, 3.05) is 13.2 Å². The minimum Gasteiger partial charge on any atom is -0.494 e. The molecule has 0 fully saturated rings. The summed E-state index contributed by atoms with van der Waals surface area (Å²) in [6.45, 7) is 6.40. The second-order valence-corrected chi connectivity index (χ2v) is 4.49. The van der Waals surface area contributed by atoms with E-state index in [1.165, 1.54) is 0 Å². The molecule has 1 rings (SSSR count). The fraction of sp³-hybridized carbons (Fsp3) is 0.438. The Morgan fingerprint density at radius 1 is 1.05 bits per heavy atom. The summed E-state index contributed by atoms with van der Waals surface area (Å²) >= 11 is 0. The molecule has 0 heterocycles. The van der Waals surface area contributed by atoms with Crippen LogP contribution in [0.15, 0.2) is 42.5 Å². The second kappa shape index (κ2) is 9.20. The van der Waals surface area contributed by atoms with Crippen LogP contribution in [0.5, 0.6) is 5.75 Å². The summed E-state index contributed by atoms with van der Waals surface area (Å²) in [6.07, 6.45) is 4.03. The van der Waals surface area contributed by atoms with Crippen molar-refractivity contribution >= 4 is 5.97 Å². The lowest BCUT2D eigenvalue weighted by molar-refractivity contribution is -0.139. The van der Waals surface area contributed by atoms with Crippen LogP contribution in [0.2, 0.25) is 0 Å². The van der Waals surface area contributed by atoms with Crippen molar-refractivity contribution in [3.8, 4) is 5.75 Å². The standard InChI is InChI=1S/C16H22O3/c1-14(2)16(17)19-13-9-4-3-8-12-18-15-10-6-5-7-11-15/h5-7,10-11H,1,3-4,8-9,12-13H2,2H3. The van der Waals surface area contributed by atoms with E-state index in [0.717, 1.165) is 38.0 Å². The molecule has 0 atom stereocenters. The normalized spacial score (nSPS) is 9.95. The largest absolute Gasteiger partial charge is 0.494 e. The molecule has 0 amide bonds. The molecule has 0 radical (unpaired) electrons. The molecule has 0 aliphatic rings. The highest BCUT2D eigenvalue weighted by Gasteiger charge is 2.01. The summed E-state index contributed by atoms with van der Waals surface area (Å²) in [5.74, 6) is 0.616. The summed E-state index contributed by atoms with van der Waals surface area (Å²) < 4.78 is 10.6. The molecule has 3 nitrogen and oxygen atoms in total.